The summed E-state index contributed by atoms with van der Waals surface area (Å²) in [4.78, 5) is 22.3. The molecule has 156 valence electrons. The highest BCUT2D eigenvalue weighted by molar-refractivity contribution is 5.84. The van der Waals surface area contributed by atoms with E-state index in [-0.39, 0.29) is 11.4 Å². The van der Waals surface area contributed by atoms with Crippen LogP contribution in [0.25, 0.3) is 22.3 Å². The van der Waals surface area contributed by atoms with Gasteiger partial charge < -0.3 is 15.2 Å². The van der Waals surface area contributed by atoms with Crippen molar-refractivity contribution in [1.29, 1.82) is 0 Å². The van der Waals surface area contributed by atoms with Gasteiger partial charge in [-0.15, -0.1) is 0 Å². The Labute approximate surface area is 175 Å². The first-order chi connectivity index (χ1) is 14.7. The smallest absolute Gasteiger partial charge is 0.317 e. The van der Waals surface area contributed by atoms with Gasteiger partial charge in [0.25, 0.3) is 0 Å². The van der Waals surface area contributed by atoms with Crippen molar-refractivity contribution in [3.05, 3.63) is 35.8 Å². The first-order valence-electron chi connectivity index (χ1n) is 11.3. The molecule has 2 aliphatic heterocycles. The van der Waals surface area contributed by atoms with E-state index in [4.69, 9.17) is 5.10 Å². The van der Waals surface area contributed by atoms with Gasteiger partial charge in [0.05, 0.1) is 5.69 Å². The summed E-state index contributed by atoms with van der Waals surface area (Å²) in [6.45, 7) is 5.15. The lowest BCUT2D eigenvalue weighted by Gasteiger charge is -2.24. The molecule has 1 atom stereocenters. The van der Waals surface area contributed by atoms with Crippen LogP contribution in [0.3, 0.4) is 0 Å². The van der Waals surface area contributed by atoms with Crippen LogP contribution in [0.1, 0.15) is 56.2 Å². The molecule has 2 amide bonds. The van der Waals surface area contributed by atoms with Crippen LogP contribution in [0.15, 0.2) is 24.5 Å². The molecule has 0 aromatic carbocycles. The topological polar surface area (TPSA) is 78.8 Å². The lowest BCUT2D eigenvalue weighted by molar-refractivity contribution is 0.206. The minimum absolute atomic E-state index is 0.0407. The molecular formula is C23H28N6O. The largest absolute Gasteiger partial charge is 0.346 e. The summed E-state index contributed by atoms with van der Waals surface area (Å²) in [5, 5.41) is 9.11. The van der Waals surface area contributed by atoms with Crippen LogP contribution in [0, 0.1) is 0 Å². The quantitative estimate of drug-likeness (QED) is 0.697. The molecule has 5 heterocycles. The molecule has 6 rings (SSSR count). The number of fused-ring (bicyclic) bond motifs is 3. The molecule has 2 fully saturated rings. The zero-order valence-electron chi connectivity index (χ0n) is 17.4. The summed E-state index contributed by atoms with van der Waals surface area (Å²) < 4.78 is 2.16. The van der Waals surface area contributed by atoms with E-state index in [1.807, 2.05) is 18.0 Å². The zero-order chi connectivity index (χ0) is 20.3. The third-order valence-electron chi connectivity index (χ3n) is 7.50. The number of likely N-dealkylation sites (tertiary alicyclic amines) is 1. The number of nitrogens with one attached hydrogen (secondary N) is 2. The standard InChI is InChI=1S/C23H28N6O/c1-2-24-22(30)28-8-6-23(14-28)7-9-29-20(23)11-19(27-29)16-10-17-18(15-4-3-5-15)13-26-21(17)25-12-16/h10-13,15H,2-9,14H2,1H3,(H,24,30)(H,25,26). The Morgan fingerprint density at radius 3 is 2.97 bits per heavy atom. The number of aromatic amines is 1. The van der Waals surface area contributed by atoms with E-state index < -0.39 is 0 Å². The van der Waals surface area contributed by atoms with Crippen LogP contribution < -0.4 is 5.32 Å². The van der Waals surface area contributed by atoms with E-state index in [0.717, 1.165) is 49.4 Å². The number of carbonyl (C=O) groups is 1. The van der Waals surface area contributed by atoms with E-state index in [0.29, 0.717) is 12.5 Å². The Morgan fingerprint density at radius 1 is 1.30 bits per heavy atom. The maximum Gasteiger partial charge on any atom is 0.317 e. The molecular weight excluding hydrogens is 376 g/mol. The third-order valence-corrected chi connectivity index (χ3v) is 7.50. The normalized spacial score (nSPS) is 23.3. The van der Waals surface area contributed by atoms with Gasteiger partial charge in [0.2, 0.25) is 0 Å². The lowest BCUT2D eigenvalue weighted by Crippen LogP contribution is -2.40. The maximum absolute atomic E-state index is 12.3. The van der Waals surface area contributed by atoms with Gasteiger partial charge in [0, 0.05) is 60.6 Å². The highest BCUT2D eigenvalue weighted by Gasteiger charge is 2.46. The van der Waals surface area contributed by atoms with E-state index in [1.54, 1.807) is 0 Å². The fourth-order valence-electron chi connectivity index (χ4n) is 5.55. The van der Waals surface area contributed by atoms with Crippen molar-refractivity contribution >= 4 is 17.1 Å². The SMILES string of the molecule is CCNC(=O)N1CCC2(CCn3nc(-c4cnc5[nH]cc(C6CCC6)c5c4)cc32)C1. The van der Waals surface area contributed by atoms with Crippen molar-refractivity contribution in [1.82, 2.24) is 30.0 Å². The van der Waals surface area contributed by atoms with Gasteiger partial charge in [-0.25, -0.2) is 9.78 Å². The Bertz CT molecular complexity index is 1130. The molecule has 0 bridgehead atoms. The Hall–Kier alpha value is -2.83. The molecule has 1 unspecified atom stereocenters. The molecule has 30 heavy (non-hydrogen) atoms. The molecule has 3 aromatic heterocycles. The van der Waals surface area contributed by atoms with Crippen LogP contribution in [0.4, 0.5) is 4.79 Å². The second kappa shape index (κ2) is 6.59. The highest BCUT2D eigenvalue weighted by Crippen LogP contribution is 2.44. The second-order valence-corrected chi connectivity index (χ2v) is 9.17. The number of aryl methyl sites for hydroxylation is 1. The highest BCUT2D eigenvalue weighted by atomic mass is 16.2. The van der Waals surface area contributed by atoms with E-state index in [2.05, 4.69) is 38.3 Å². The van der Waals surface area contributed by atoms with Crippen LogP contribution in [-0.2, 0) is 12.0 Å². The Kier molecular flexibility index (Phi) is 3.95. The molecule has 1 saturated carbocycles. The van der Waals surface area contributed by atoms with Gasteiger partial charge in [0.15, 0.2) is 0 Å². The summed E-state index contributed by atoms with van der Waals surface area (Å²) in [6.07, 6.45) is 10.0. The number of hydrogen-bond acceptors (Lipinski definition) is 3. The van der Waals surface area contributed by atoms with Gasteiger partial charge in [-0.1, -0.05) is 6.42 Å². The first kappa shape index (κ1) is 18.0. The monoisotopic (exact) mass is 404 g/mol. The molecule has 7 nitrogen and oxygen atoms in total. The maximum atomic E-state index is 12.3. The molecule has 7 heteroatoms. The van der Waals surface area contributed by atoms with E-state index >= 15 is 0 Å². The first-order valence-corrected chi connectivity index (χ1v) is 11.3. The molecule has 3 aliphatic rings. The molecule has 2 N–H and O–H groups in total. The van der Waals surface area contributed by atoms with Crippen molar-refractivity contribution in [3.63, 3.8) is 0 Å². The minimum Gasteiger partial charge on any atom is -0.346 e. The average Bonchev–Trinajstić information content (AvgIpc) is 3.47. The summed E-state index contributed by atoms with van der Waals surface area (Å²) >= 11 is 0. The van der Waals surface area contributed by atoms with Gasteiger partial charge in [0.1, 0.15) is 5.65 Å². The van der Waals surface area contributed by atoms with Crippen molar-refractivity contribution < 1.29 is 4.79 Å². The number of aromatic nitrogens is 4. The lowest BCUT2D eigenvalue weighted by atomic mass is 9.80. The molecule has 1 spiro atoms. The zero-order valence-corrected chi connectivity index (χ0v) is 17.4. The van der Waals surface area contributed by atoms with E-state index in [1.165, 1.54) is 35.9 Å². The second-order valence-electron chi connectivity index (χ2n) is 9.17. The van der Waals surface area contributed by atoms with Crippen molar-refractivity contribution in [2.45, 2.75) is 56.9 Å². The molecule has 1 aliphatic carbocycles. The van der Waals surface area contributed by atoms with Gasteiger partial charge in [-0.05, 0) is 56.2 Å². The fraction of sp³-hybridized carbons (Fsp3) is 0.522. The predicted molar refractivity (Wildman–Crippen MR) is 115 cm³/mol. The van der Waals surface area contributed by atoms with Crippen LogP contribution in [0.2, 0.25) is 0 Å². The summed E-state index contributed by atoms with van der Waals surface area (Å²) in [5.74, 6) is 0.671. The number of pyridine rings is 1. The minimum atomic E-state index is 0.0407. The predicted octanol–water partition coefficient (Wildman–Crippen LogP) is 3.77. The number of H-pyrrole nitrogens is 1. The van der Waals surface area contributed by atoms with Gasteiger partial charge in [-0.3, -0.25) is 4.68 Å². The molecule has 3 aromatic rings. The van der Waals surface area contributed by atoms with Crippen LogP contribution in [-0.4, -0.2) is 50.3 Å². The van der Waals surface area contributed by atoms with Crippen molar-refractivity contribution in [3.8, 4) is 11.3 Å². The summed E-state index contributed by atoms with van der Waals surface area (Å²) in [5.41, 5.74) is 5.77. The van der Waals surface area contributed by atoms with Gasteiger partial charge in [-0.2, -0.15) is 5.10 Å². The van der Waals surface area contributed by atoms with Gasteiger partial charge >= 0.3 is 6.03 Å². The van der Waals surface area contributed by atoms with Crippen molar-refractivity contribution in [2.24, 2.45) is 0 Å². The molecule has 0 radical (unpaired) electrons. The summed E-state index contributed by atoms with van der Waals surface area (Å²) in [7, 11) is 0. The average molecular weight is 405 g/mol. The number of rotatable bonds is 3. The van der Waals surface area contributed by atoms with Crippen molar-refractivity contribution in [2.75, 3.05) is 19.6 Å². The molecule has 1 saturated heterocycles. The number of carbonyl (C=O) groups excluding carboxylic acids is 1. The number of nitrogens with zero attached hydrogens (tertiary/aromatic N) is 4. The van der Waals surface area contributed by atoms with E-state index in [9.17, 15) is 4.79 Å². The van der Waals surface area contributed by atoms with Crippen LogP contribution >= 0.6 is 0 Å². The Balaban J connectivity index is 1.32. The number of urea groups is 1. The fourth-order valence-corrected chi connectivity index (χ4v) is 5.55. The summed E-state index contributed by atoms with van der Waals surface area (Å²) in [6, 6.07) is 4.55. The number of hydrogen-bond donors (Lipinski definition) is 2. The van der Waals surface area contributed by atoms with Crippen LogP contribution in [0.5, 0.6) is 0 Å². The number of amides is 2. The third kappa shape index (κ3) is 2.60. The Morgan fingerprint density at radius 2 is 2.17 bits per heavy atom.